The molecule has 0 unspecified atom stereocenters. The number of nitrogens with zero attached hydrogens (tertiary/aromatic N) is 1. The van der Waals surface area contributed by atoms with Crippen LogP contribution in [0.2, 0.25) is 0 Å². The molecule has 5 nitrogen and oxygen atoms in total. The highest BCUT2D eigenvalue weighted by Gasteiger charge is 2.10. The molecule has 102 valence electrons. The molecule has 0 aliphatic carbocycles. The number of amides is 1. The Labute approximate surface area is 116 Å². The smallest absolute Gasteiger partial charge is 0.354 e. The van der Waals surface area contributed by atoms with E-state index in [4.69, 9.17) is 5.11 Å². The molecule has 1 amide bonds. The minimum Gasteiger partial charge on any atom is -0.477 e. The maximum Gasteiger partial charge on any atom is 0.354 e. The fraction of sp³-hybridized carbons (Fsp3) is 0.133. The predicted molar refractivity (Wildman–Crippen MR) is 73.5 cm³/mol. The first-order valence-electron chi connectivity index (χ1n) is 6.10. The van der Waals surface area contributed by atoms with Gasteiger partial charge in [-0.3, -0.25) is 4.79 Å². The normalized spacial score (nSPS) is 10.1. The Balaban J connectivity index is 2.07. The number of aromatic carboxylic acids is 1. The van der Waals surface area contributed by atoms with Crippen molar-refractivity contribution in [1.29, 1.82) is 0 Å². The first kappa shape index (κ1) is 13.7. The molecular weight excluding hydrogens is 256 g/mol. The van der Waals surface area contributed by atoms with Crippen LogP contribution in [0.5, 0.6) is 0 Å². The lowest BCUT2D eigenvalue weighted by atomic mass is 10.1. The lowest BCUT2D eigenvalue weighted by Gasteiger charge is -2.08. The van der Waals surface area contributed by atoms with E-state index < -0.39 is 5.97 Å². The van der Waals surface area contributed by atoms with Gasteiger partial charge in [-0.05, 0) is 30.2 Å². The molecule has 0 atom stereocenters. The Morgan fingerprint density at radius 2 is 2.00 bits per heavy atom. The molecule has 1 heterocycles. The summed E-state index contributed by atoms with van der Waals surface area (Å²) in [6.07, 6.45) is 1.31. The number of hydrogen-bond acceptors (Lipinski definition) is 3. The quantitative estimate of drug-likeness (QED) is 0.890. The summed E-state index contributed by atoms with van der Waals surface area (Å²) in [5.74, 6) is -1.48. The summed E-state index contributed by atoms with van der Waals surface area (Å²) >= 11 is 0. The van der Waals surface area contributed by atoms with E-state index in [1.54, 1.807) is 0 Å². The number of hydrogen-bond donors (Lipinski definition) is 2. The zero-order valence-electron chi connectivity index (χ0n) is 11.0. The van der Waals surface area contributed by atoms with Crippen LogP contribution in [-0.2, 0) is 6.54 Å². The van der Waals surface area contributed by atoms with Crippen LogP contribution >= 0.6 is 0 Å². The minimum atomic E-state index is -1.15. The molecule has 0 bridgehead atoms. The first-order valence-corrected chi connectivity index (χ1v) is 6.10. The van der Waals surface area contributed by atoms with Crippen molar-refractivity contribution < 1.29 is 14.7 Å². The molecule has 0 radical (unpaired) electrons. The van der Waals surface area contributed by atoms with Crippen LogP contribution in [0.15, 0.2) is 42.6 Å². The molecule has 2 N–H and O–H groups in total. The van der Waals surface area contributed by atoms with Crippen LogP contribution < -0.4 is 5.32 Å². The van der Waals surface area contributed by atoms with Crippen molar-refractivity contribution in [3.05, 3.63) is 65.0 Å². The van der Waals surface area contributed by atoms with Crippen molar-refractivity contribution in [1.82, 2.24) is 10.3 Å². The van der Waals surface area contributed by atoms with Gasteiger partial charge in [0.1, 0.15) is 5.69 Å². The lowest BCUT2D eigenvalue weighted by Crippen LogP contribution is -2.23. The van der Waals surface area contributed by atoms with Gasteiger partial charge >= 0.3 is 5.97 Å². The van der Waals surface area contributed by atoms with Gasteiger partial charge in [-0.1, -0.05) is 24.3 Å². The van der Waals surface area contributed by atoms with Crippen molar-refractivity contribution >= 4 is 11.9 Å². The van der Waals surface area contributed by atoms with Crippen LogP contribution in [0, 0.1) is 6.92 Å². The molecule has 5 heteroatoms. The number of aryl methyl sites for hydroxylation is 1. The van der Waals surface area contributed by atoms with Gasteiger partial charge in [0, 0.05) is 18.3 Å². The molecule has 0 saturated heterocycles. The number of aromatic nitrogens is 1. The molecule has 1 aromatic heterocycles. The van der Waals surface area contributed by atoms with Gasteiger partial charge < -0.3 is 10.4 Å². The van der Waals surface area contributed by atoms with Crippen LogP contribution in [0.3, 0.4) is 0 Å². The summed E-state index contributed by atoms with van der Waals surface area (Å²) in [7, 11) is 0. The number of carboxylic acids is 1. The van der Waals surface area contributed by atoms with Crippen LogP contribution in [0.4, 0.5) is 0 Å². The Kier molecular flexibility index (Phi) is 4.10. The molecular formula is C15H14N2O3. The summed E-state index contributed by atoms with van der Waals surface area (Å²) in [6.45, 7) is 2.37. The van der Waals surface area contributed by atoms with E-state index in [2.05, 4.69) is 10.3 Å². The summed E-state index contributed by atoms with van der Waals surface area (Å²) in [5, 5.41) is 11.6. The van der Waals surface area contributed by atoms with E-state index in [1.807, 2.05) is 31.2 Å². The third kappa shape index (κ3) is 3.20. The molecule has 2 rings (SSSR count). The van der Waals surface area contributed by atoms with Gasteiger partial charge in [-0.2, -0.15) is 0 Å². The Morgan fingerprint density at radius 3 is 2.70 bits per heavy atom. The van der Waals surface area contributed by atoms with E-state index in [1.165, 1.54) is 18.3 Å². The molecule has 0 saturated carbocycles. The Bertz CT molecular complexity index is 653. The van der Waals surface area contributed by atoms with Gasteiger partial charge in [-0.25, -0.2) is 9.78 Å². The number of carbonyl (C=O) groups excluding carboxylic acids is 1. The van der Waals surface area contributed by atoms with Crippen molar-refractivity contribution in [2.45, 2.75) is 13.5 Å². The Morgan fingerprint density at radius 1 is 1.25 bits per heavy atom. The highest BCUT2D eigenvalue weighted by atomic mass is 16.4. The van der Waals surface area contributed by atoms with E-state index in [-0.39, 0.29) is 17.2 Å². The van der Waals surface area contributed by atoms with E-state index >= 15 is 0 Å². The SMILES string of the molecule is Cc1ccccc1CNC(=O)c1ccnc(C(=O)O)c1. The predicted octanol–water partition coefficient (Wildman–Crippen LogP) is 2.02. The van der Waals surface area contributed by atoms with Gasteiger partial charge in [0.15, 0.2) is 0 Å². The largest absolute Gasteiger partial charge is 0.477 e. The minimum absolute atomic E-state index is 0.145. The zero-order chi connectivity index (χ0) is 14.5. The molecule has 1 aromatic carbocycles. The fourth-order valence-corrected chi connectivity index (χ4v) is 1.77. The average molecular weight is 270 g/mol. The third-order valence-corrected chi connectivity index (χ3v) is 2.94. The lowest BCUT2D eigenvalue weighted by molar-refractivity contribution is 0.0690. The highest BCUT2D eigenvalue weighted by molar-refractivity contribution is 5.96. The van der Waals surface area contributed by atoms with Crippen LogP contribution in [0.25, 0.3) is 0 Å². The van der Waals surface area contributed by atoms with Crippen molar-refractivity contribution in [2.24, 2.45) is 0 Å². The summed E-state index contributed by atoms with van der Waals surface area (Å²) in [4.78, 5) is 26.5. The third-order valence-electron chi connectivity index (χ3n) is 2.94. The first-order chi connectivity index (χ1) is 9.58. The fourth-order valence-electron chi connectivity index (χ4n) is 1.77. The second-order valence-electron chi connectivity index (χ2n) is 4.34. The number of carboxylic acid groups (broad SMARTS) is 1. The summed E-state index contributed by atoms with van der Waals surface area (Å²) in [5.41, 5.74) is 2.25. The average Bonchev–Trinajstić information content (AvgIpc) is 2.46. The second kappa shape index (κ2) is 5.97. The van der Waals surface area contributed by atoms with Gasteiger partial charge in [0.05, 0.1) is 0 Å². The molecule has 0 fully saturated rings. The maximum absolute atomic E-state index is 12.0. The molecule has 0 spiro atoms. The van der Waals surface area contributed by atoms with Gasteiger partial charge in [-0.15, -0.1) is 0 Å². The second-order valence-corrected chi connectivity index (χ2v) is 4.34. The summed E-state index contributed by atoms with van der Waals surface area (Å²) < 4.78 is 0. The Hall–Kier alpha value is -2.69. The molecule has 0 aliphatic heterocycles. The van der Waals surface area contributed by atoms with E-state index in [0.29, 0.717) is 6.54 Å². The topological polar surface area (TPSA) is 79.3 Å². The van der Waals surface area contributed by atoms with Crippen molar-refractivity contribution in [3.8, 4) is 0 Å². The van der Waals surface area contributed by atoms with Crippen molar-refractivity contribution in [3.63, 3.8) is 0 Å². The number of benzene rings is 1. The highest BCUT2D eigenvalue weighted by Crippen LogP contribution is 2.07. The number of nitrogens with one attached hydrogen (secondary N) is 1. The molecule has 20 heavy (non-hydrogen) atoms. The van der Waals surface area contributed by atoms with Crippen molar-refractivity contribution in [2.75, 3.05) is 0 Å². The van der Waals surface area contributed by atoms with Gasteiger partial charge in [0.2, 0.25) is 0 Å². The monoisotopic (exact) mass is 270 g/mol. The number of carbonyl (C=O) groups is 2. The van der Waals surface area contributed by atoms with Crippen LogP contribution in [-0.4, -0.2) is 22.0 Å². The summed E-state index contributed by atoms with van der Waals surface area (Å²) in [6, 6.07) is 10.5. The van der Waals surface area contributed by atoms with Crippen LogP contribution in [0.1, 0.15) is 32.0 Å². The number of pyridine rings is 1. The maximum atomic E-state index is 12.0. The van der Waals surface area contributed by atoms with Gasteiger partial charge in [0.25, 0.3) is 5.91 Å². The zero-order valence-corrected chi connectivity index (χ0v) is 11.0. The molecule has 0 aliphatic rings. The number of rotatable bonds is 4. The molecule has 2 aromatic rings. The van der Waals surface area contributed by atoms with E-state index in [0.717, 1.165) is 11.1 Å². The van der Waals surface area contributed by atoms with E-state index in [9.17, 15) is 9.59 Å². The standard InChI is InChI=1S/C15H14N2O3/c1-10-4-2-3-5-12(10)9-17-14(18)11-6-7-16-13(8-11)15(19)20/h2-8H,9H2,1H3,(H,17,18)(H,19,20).